The van der Waals surface area contributed by atoms with Crippen LogP contribution in [0.25, 0.3) is 0 Å². The van der Waals surface area contributed by atoms with E-state index >= 15 is 0 Å². The molecule has 0 radical (unpaired) electrons. The molecule has 0 aromatic rings. The largest absolute Gasteiger partial charge is 0.394 e. The highest BCUT2D eigenvalue weighted by Crippen LogP contribution is 2.00. The van der Waals surface area contributed by atoms with E-state index in [1.165, 1.54) is 0 Å². The van der Waals surface area contributed by atoms with E-state index in [-0.39, 0.29) is 0 Å². The van der Waals surface area contributed by atoms with Gasteiger partial charge in [-0.2, -0.15) is 0 Å². The van der Waals surface area contributed by atoms with Crippen molar-refractivity contribution in [3.05, 3.63) is 0 Å². The van der Waals surface area contributed by atoms with Gasteiger partial charge in [-0.1, -0.05) is 0 Å². The Bertz CT molecular complexity index is 147. The Balaban J connectivity index is 4.08. The van der Waals surface area contributed by atoms with Gasteiger partial charge < -0.3 is 25.5 Å². The molecule has 0 aliphatic carbocycles. The summed E-state index contributed by atoms with van der Waals surface area (Å²) in [5, 5.41) is 43.1. The van der Waals surface area contributed by atoms with Gasteiger partial charge in [0.15, 0.2) is 5.78 Å². The van der Waals surface area contributed by atoms with Crippen LogP contribution in [0.15, 0.2) is 0 Å². The average molecular weight is 182 g/mol. The fraction of sp³-hybridized carbons (Fsp3) is 0.833. The fourth-order valence-electron chi connectivity index (χ4n) is 0.602. The maximum absolute atomic E-state index is 10.5. The minimum atomic E-state index is -1.86. The van der Waals surface area contributed by atoms with Crippen LogP contribution in [0.2, 0.25) is 0 Å². The molecule has 0 spiro atoms. The van der Waals surface area contributed by atoms with Crippen LogP contribution in [0.3, 0.4) is 0 Å². The van der Waals surface area contributed by atoms with Crippen LogP contribution in [0.4, 0.5) is 0 Å². The molecule has 3 atom stereocenters. The molecule has 0 bridgehead atoms. The molecule has 0 aliphatic heterocycles. The predicted molar refractivity (Wildman–Crippen MR) is 37.2 cm³/mol. The van der Waals surface area contributed by atoms with Gasteiger partial charge in [0, 0.05) is 0 Å². The van der Waals surface area contributed by atoms with Crippen LogP contribution >= 0.6 is 0 Å². The molecule has 0 rings (SSSR count). The summed E-state index contributed by atoms with van der Waals surface area (Å²) in [6.45, 7) is -1.69. The van der Waals surface area contributed by atoms with E-state index in [1.807, 2.05) is 0 Å². The first-order valence-electron chi connectivity index (χ1n) is 3.33. The van der Waals surface area contributed by atoms with Gasteiger partial charge in [0.1, 0.15) is 24.9 Å². The first kappa shape index (κ1) is 11.5. The Labute approximate surface area is 68.7 Å². The zero-order valence-corrected chi connectivity index (χ0v) is 6.29. The van der Waals surface area contributed by atoms with Crippen LogP contribution in [0.5, 0.6) is 0 Å². The zero-order valence-electron chi connectivity index (χ0n) is 6.29. The van der Waals surface area contributed by atoms with Gasteiger partial charge in [-0.05, 0) is 0 Å². The molecule has 0 aromatic carbocycles. The summed E-state index contributed by atoms with van der Waals surface area (Å²) in [5.74, 6) is -1.00. The summed E-state index contributed by atoms with van der Waals surface area (Å²) in [6, 6.07) is 0. The van der Waals surface area contributed by atoms with Gasteiger partial charge in [0.2, 0.25) is 0 Å². The van der Waals surface area contributed by atoms with E-state index in [9.17, 15) is 4.79 Å². The van der Waals surface area contributed by atoms with Gasteiger partial charge in [-0.3, -0.25) is 4.79 Å². The number of rotatable bonds is 5. The number of carbonyl (C=O) groups excluding carboxylic acids is 1. The average Bonchev–Trinajstić information content (AvgIpc) is 2.12. The number of hydrogen-bond acceptors (Lipinski definition) is 6. The molecule has 12 heavy (non-hydrogen) atoms. The monoisotopic (exact) mass is 182 g/mol. The molecule has 6 nitrogen and oxygen atoms in total. The molecule has 5 N–H and O–H groups in total. The molecular formula is C6H12O6. The van der Waals surface area contributed by atoms with Gasteiger partial charge >= 0.3 is 0 Å². The summed E-state index contributed by atoms with van der Waals surface area (Å²) in [7, 11) is 0. The highest BCUT2D eigenvalue weighted by atomic mass is 16.5. The van der Waals surface area contributed by atoms with Gasteiger partial charge in [0.05, 0.1) is 6.61 Å². The third kappa shape index (κ3) is 2.84. The summed E-state index contributed by atoms with van der Waals surface area (Å²) in [5.41, 5.74) is 0. The normalized spacial score (nSPS) is 18.4. The van der Waals surface area contributed by atoms with E-state index in [0.29, 0.717) is 0 Å². The van der Waals surface area contributed by atoms with Crippen molar-refractivity contribution in [1.82, 2.24) is 0 Å². The molecule has 0 saturated carbocycles. The number of carbonyl (C=O) groups is 1. The number of hydrogen-bond donors (Lipinski definition) is 5. The fourth-order valence-corrected chi connectivity index (χ4v) is 0.602. The van der Waals surface area contributed by atoms with Gasteiger partial charge in [-0.15, -0.1) is 0 Å². The van der Waals surface area contributed by atoms with E-state index in [0.717, 1.165) is 0 Å². The van der Waals surface area contributed by atoms with Crippen LogP contribution < -0.4 is 0 Å². The second-order valence-electron chi connectivity index (χ2n) is 2.31. The van der Waals surface area contributed by atoms with Gasteiger partial charge in [-0.25, -0.2) is 0 Å². The number of ketones is 1. The molecule has 0 aliphatic rings. The quantitative estimate of drug-likeness (QED) is 0.303. The summed E-state index contributed by atoms with van der Waals surface area (Å²) in [6.07, 6.45) is -5.22. The summed E-state index contributed by atoms with van der Waals surface area (Å²) < 4.78 is 0. The molecular weight excluding hydrogens is 170 g/mol. The number of Topliss-reactive ketones (excluding diaryl/α,β-unsaturated/α-hetero) is 1. The van der Waals surface area contributed by atoms with Crippen molar-refractivity contribution in [2.75, 3.05) is 13.2 Å². The third-order valence-electron chi connectivity index (χ3n) is 1.39. The smallest absolute Gasteiger partial charge is 0.189 e. The molecule has 0 unspecified atom stereocenters. The molecule has 0 heterocycles. The second kappa shape index (κ2) is 5.18. The molecule has 6 heteroatoms. The van der Waals surface area contributed by atoms with Crippen molar-refractivity contribution >= 4 is 5.78 Å². The highest BCUT2D eigenvalue weighted by molar-refractivity contribution is 5.84. The van der Waals surface area contributed by atoms with Crippen LogP contribution in [-0.2, 0) is 4.79 Å². The lowest BCUT2D eigenvalue weighted by Crippen LogP contribution is -2.44. The first-order valence-corrected chi connectivity index (χ1v) is 3.33. The SMILES string of the molecule is O=C(CO)[C@@H](O)[C@H](O)[C@H](O)[14CH2]O. The second-order valence-corrected chi connectivity index (χ2v) is 2.31. The van der Waals surface area contributed by atoms with E-state index < -0.39 is 37.3 Å². The topological polar surface area (TPSA) is 118 Å². The Morgan fingerprint density at radius 3 is 2.17 bits per heavy atom. The zero-order chi connectivity index (χ0) is 9.72. The van der Waals surface area contributed by atoms with Crippen molar-refractivity contribution in [2.45, 2.75) is 18.3 Å². The minimum Gasteiger partial charge on any atom is -0.394 e. The Hall–Kier alpha value is -0.530. The highest BCUT2D eigenvalue weighted by Gasteiger charge is 2.28. The summed E-state index contributed by atoms with van der Waals surface area (Å²) in [4.78, 5) is 10.5. The molecule has 0 aromatic heterocycles. The molecule has 72 valence electrons. The lowest BCUT2D eigenvalue weighted by molar-refractivity contribution is -0.142. The Morgan fingerprint density at radius 2 is 1.83 bits per heavy atom. The Morgan fingerprint density at radius 1 is 1.33 bits per heavy atom. The van der Waals surface area contributed by atoms with E-state index in [1.54, 1.807) is 0 Å². The minimum absolute atomic E-state index is 0.767. The van der Waals surface area contributed by atoms with E-state index in [4.69, 9.17) is 25.5 Å². The van der Waals surface area contributed by atoms with Crippen molar-refractivity contribution in [1.29, 1.82) is 0 Å². The van der Waals surface area contributed by atoms with Crippen LogP contribution in [0.1, 0.15) is 0 Å². The van der Waals surface area contributed by atoms with Crippen LogP contribution in [0, 0.1) is 0 Å². The predicted octanol–water partition coefficient (Wildman–Crippen LogP) is -3.38. The lowest BCUT2D eigenvalue weighted by atomic mass is 10.1. The van der Waals surface area contributed by atoms with Gasteiger partial charge in [0.25, 0.3) is 0 Å². The lowest BCUT2D eigenvalue weighted by Gasteiger charge is -2.19. The standard InChI is InChI=1S/C6H12O6/c7-1-3(9)5(11)6(12)4(10)2-8/h3,5-9,11-12H,1-2H2/t3-,5-,6-/m1/s1/i1+2. The Kier molecular flexibility index (Phi) is 4.95. The van der Waals surface area contributed by atoms with Crippen molar-refractivity contribution in [3.8, 4) is 0 Å². The molecule has 0 fully saturated rings. The third-order valence-corrected chi connectivity index (χ3v) is 1.39. The number of aliphatic hydroxyl groups excluding tert-OH is 5. The maximum Gasteiger partial charge on any atom is 0.189 e. The molecule has 0 amide bonds. The number of aliphatic hydroxyl groups is 5. The van der Waals surface area contributed by atoms with Crippen molar-refractivity contribution in [3.63, 3.8) is 0 Å². The van der Waals surface area contributed by atoms with E-state index in [2.05, 4.69) is 0 Å². The summed E-state index contributed by atoms with van der Waals surface area (Å²) >= 11 is 0. The van der Waals surface area contributed by atoms with Crippen molar-refractivity contribution < 1.29 is 30.3 Å². The molecule has 0 saturated heterocycles. The first-order chi connectivity index (χ1) is 5.54. The van der Waals surface area contributed by atoms with Crippen molar-refractivity contribution in [2.24, 2.45) is 0 Å². The maximum atomic E-state index is 10.5. The van der Waals surface area contributed by atoms with Crippen LogP contribution in [-0.4, -0.2) is 62.8 Å².